The van der Waals surface area contributed by atoms with Crippen molar-refractivity contribution in [2.75, 3.05) is 5.32 Å². The summed E-state index contributed by atoms with van der Waals surface area (Å²) in [5.74, 6) is 1.74. The summed E-state index contributed by atoms with van der Waals surface area (Å²) in [7, 11) is 0. The molecule has 0 amide bonds. The number of fused-ring (bicyclic) bond motifs is 1. The lowest BCUT2D eigenvalue weighted by atomic mass is 10.1. The summed E-state index contributed by atoms with van der Waals surface area (Å²) in [6, 6.07) is 7.10. The summed E-state index contributed by atoms with van der Waals surface area (Å²) in [4.78, 5) is 27.3. The molecule has 6 rings (SSSR count). The van der Waals surface area contributed by atoms with E-state index in [1.165, 1.54) is 0 Å². The molecule has 5 aromatic rings. The molecule has 1 aromatic carbocycles. The van der Waals surface area contributed by atoms with Gasteiger partial charge in [0.2, 0.25) is 0 Å². The maximum absolute atomic E-state index is 13.4. The number of benzene rings is 1. The van der Waals surface area contributed by atoms with Crippen LogP contribution in [0.2, 0.25) is 0 Å². The fraction of sp³-hybridized carbons (Fsp3) is 0.333. The van der Waals surface area contributed by atoms with Gasteiger partial charge in [-0.25, -0.2) is 29.9 Å². The highest BCUT2D eigenvalue weighted by molar-refractivity contribution is 5.86. The van der Waals surface area contributed by atoms with Crippen LogP contribution in [-0.4, -0.2) is 39.0 Å². The number of rotatable bonds is 9. The van der Waals surface area contributed by atoms with E-state index >= 15 is 0 Å². The highest BCUT2D eigenvalue weighted by Gasteiger charge is 2.35. The van der Waals surface area contributed by atoms with Crippen LogP contribution in [0.5, 0.6) is 0 Å². The molecule has 9 nitrogen and oxygen atoms in total. The summed E-state index contributed by atoms with van der Waals surface area (Å²) in [5.41, 5.74) is 4.55. The summed E-state index contributed by atoms with van der Waals surface area (Å²) in [5, 5.41) is 3.39. The molecule has 1 fully saturated rings. The number of nitrogens with one attached hydrogen (secondary N) is 1. The van der Waals surface area contributed by atoms with Gasteiger partial charge in [0.15, 0.2) is 28.5 Å². The van der Waals surface area contributed by atoms with Crippen molar-refractivity contribution < 1.29 is 13.2 Å². The van der Waals surface area contributed by atoms with E-state index < -0.39 is 11.9 Å². The third-order valence-electron chi connectivity index (χ3n) is 7.35. The van der Waals surface area contributed by atoms with Crippen LogP contribution in [0.1, 0.15) is 68.2 Å². The van der Waals surface area contributed by atoms with Crippen LogP contribution in [0, 0.1) is 0 Å². The molecule has 12 heteroatoms. The van der Waals surface area contributed by atoms with Crippen molar-refractivity contribution in [3.63, 3.8) is 0 Å². The maximum Gasteiger partial charge on any atom is 0.434 e. The number of hydrogen-bond acceptors (Lipinski definition) is 7. The molecule has 0 spiro atoms. The zero-order valence-corrected chi connectivity index (χ0v) is 23.5. The van der Waals surface area contributed by atoms with Crippen LogP contribution < -0.4 is 5.32 Å². The second-order valence-corrected chi connectivity index (χ2v) is 10.6. The van der Waals surface area contributed by atoms with E-state index in [4.69, 9.17) is 9.97 Å². The maximum atomic E-state index is 13.4. The first kappa shape index (κ1) is 27.6. The van der Waals surface area contributed by atoms with Crippen molar-refractivity contribution in [2.45, 2.75) is 64.7 Å². The first-order valence-electron chi connectivity index (χ1n) is 13.9. The van der Waals surface area contributed by atoms with Gasteiger partial charge in [-0.3, -0.25) is 4.57 Å². The average Bonchev–Trinajstić information content (AvgIpc) is 3.57. The van der Waals surface area contributed by atoms with Crippen molar-refractivity contribution >= 4 is 23.2 Å². The number of aryl methyl sites for hydroxylation is 1. The first-order valence-corrected chi connectivity index (χ1v) is 13.9. The van der Waals surface area contributed by atoms with E-state index in [0.29, 0.717) is 47.3 Å². The Hall–Kier alpha value is -4.61. The third kappa shape index (κ3) is 5.12. The van der Waals surface area contributed by atoms with E-state index in [1.807, 2.05) is 26.0 Å². The molecule has 216 valence electrons. The van der Waals surface area contributed by atoms with Gasteiger partial charge < -0.3 is 9.88 Å². The van der Waals surface area contributed by atoms with Gasteiger partial charge in [0.25, 0.3) is 0 Å². The molecule has 4 heterocycles. The van der Waals surface area contributed by atoms with Crippen LogP contribution in [0.4, 0.5) is 19.0 Å². The van der Waals surface area contributed by atoms with Crippen molar-refractivity contribution in [3.8, 4) is 22.8 Å². The van der Waals surface area contributed by atoms with Crippen LogP contribution in [0.25, 0.3) is 40.1 Å². The standard InChI is InChI=1S/C30H30F3N9/c1-5-21-23(24(19-11-12-19)36-15-35-21)26-39-27(25-29(40-26)41(6-2)16-37-25)34-13-18-7-9-20(10-8-18)28-38-22(30(31,32)33)14-42(28)17(3)4/h6-10,14-17,19H,2,5,11-13H2,1,3-4H3,(H,34,39,40). The van der Waals surface area contributed by atoms with Crippen molar-refractivity contribution in [1.29, 1.82) is 0 Å². The topological polar surface area (TPSA) is 99.2 Å². The number of hydrogen-bond donors (Lipinski definition) is 1. The van der Waals surface area contributed by atoms with Crippen LogP contribution in [0.3, 0.4) is 0 Å². The first-order chi connectivity index (χ1) is 20.2. The molecule has 0 unspecified atom stereocenters. The van der Waals surface area contributed by atoms with Gasteiger partial charge in [0, 0.05) is 36.5 Å². The van der Waals surface area contributed by atoms with E-state index in [1.54, 1.807) is 40.1 Å². The Labute approximate surface area is 240 Å². The number of imidazole rings is 2. The number of nitrogens with zero attached hydrogens (tertiary/aromatic N) is 8. The van der Waals surface area contributed by atoms with Crippen LogP contribution in [-0.2, 0) is 19.1 Å². The third-order valence-corrected chi connectivity index (χ3v) is 7.35. The number of anilines is 1. The SMILES string of the molecule is C=Cn1cnc2c(NCc3ccc(-c4nc(C(F)(F)F)cn4C(C)C)cc3)nc(-c3c(CC)ncnc3C3CC3)nc21. The van der Waals surface area contributed by atoms with Gasteiger partial charge in [0.05, 0.1) is 17.0 Å². The lowest BCUT2D eigenvalue weighted by molar-refractivity contribution is -0.140. The Morgan fingerprint density at radius 1 is 1.07 bits per heavy atom. The molecular formula is C30H30F3N9. The van der Waals surface area contributed by atoms with Gasteiger partial charge in [-0.15, -0.1) is 0 Å². The molecule has 1 saturated carbocycles. The molecule has 0 bridgehead atoms. The largest absolute Gasteiger partial charge is 0.434 e. The van der Waals surface area contributed by atoms with Crippen molar-refractivity contribution in [2.24, 2.45) is 0 Å². The molecular weight excluding hydrogens is 543 g/mol. The molecule has 1 aliphatic rings. The predicted molar refractivity (Wildman–Crippen MR) is 154 cm³/mol. The molecule has 1 N–H and O–H groups in total. The highest BCUT2D eigenvalue weighted by atomic mass is 19.4. The number of alkyl halides is 3. The minimum Gasteiger partial charge on any atom is -0.364 e. The zero-order valence-electron chi connectivity index (χ0n) is 23.5. The van der Waals surface area contributed by atoms with Gasteiger partial charge in [-0.05, 0) is 38.7 Å². The fourth-order valence-corrected chi connectivity index (χ4v) is 5.00. The van der Waals surface area contributed by atoms with Crippen LogP contribution >= 0.6 is 0 Å². The second kappa shape index (κ2) is 10.7. The van der Waals surface area contributed by atoms with Crippen molar-refractivity contribution in [3.05, 3.63) is 72.3 Å². The number of aromatic nitrogens is 8. The highest BCUT2D eigenvalue weighted by Crippen LogP contribution is 2.44. The summed E-state index contributed by atoms with van der Waals surface area (Å²) in [6.45, 7) is 9.99. The lowest BCUT2D eigenvalue weighted by Crippen LogP contribution is -2.08. The smallest absolute Gasteiger partial charge is 0.364 e. The Kier molecular flexibility index (Phi) is 6.99. The fourth-order valence-electron chi connectivity index (χ4n) is 5.00. The van der Waals surface area contributed by atoms with Gasteiger partial charge in [-0.1, -0.05) is 37.8 Å². The average molecular weight is 574 g/mol. The summed E-state index contributed by atoms with van der Waals surface area (Å²) < 4.78 is 43.3. The summed E-state index contributed by atoms with van der Waals surface area (Å²) >= 11 is 0. The Bertz CT molecular complexity index is 1760. The Morgan fingerprint density at radius 2 is 1.83 bits per heavy atom. The lowest BCUT2D eigenvalue weighted by Gasteiger charge is -2.14. The van der Waals surface area contributed by atoms with Gasteiger partial charge in [-0.2, -0.15) is 13.2 Å². The van der Waals surface area contributed by atoms with E-state index in [2.05, 4.69) is 38.8 Å². The zero-order chi connectivity index (χ0) is 29.6. The molecule has 0 aliphatic heterocycles. The van der Waals surface area contributed by atoms with Crippen LogP contribution in [0.15, 0.2) is 49.7 Å². The summed E-state index contributed by atoms with van der Waals surface area (Å²) in [6.07, 6.45) is 4.33. The van der Waals surface area contributed by atoms with Gasteiger partial charge >= 0.3 is 6.18 Å². The molecule has 0 saturated heterocycles. The van der Waals surface area contributed by atoms with E-state index in [-0.39, 0.29) is 11.9 Å². The van der Waals surface area contributed by atoms with Crippen molar-refractivity contribution in [1.82, 2.24) is 39.0 Å². The molecule has 0 atom stereocenters. The second-order valence-electron chi connectivity index (χ2n) is 10.6. The molecule has 0 radical (unpaired) electrons. The van der Waals surface area contributed by atoms with E-state index in [9.17, 15) is 13.2 Å². The molecule has 42 heavy (non-hydrogen) atoms. The van der Waals surface area contributed by atoms with Gasteiger partial charge in [0.1, 0.15) is 18.5 Å². The van der Waals surface area contributed by atoms with E-state index in [0.717, 1.165) is 41.6 Å². The number of halogens is 3. The Morgan fingerprint density at radius 3 is 2.48 bits per heavy atom. The minimum atomic E-state index is -4.51. The molecule has 1 aliphatic carbocycles. The molecule has 4 aromatic heterocycles. The normalized spacial score (nSPS) is 13.7. The quantitative estimate of drug-likeness (QED) is 0.205. The Balaban J connectivity index is 1.33. The predicted octanol–water partition coefficient (Wildman–Crippen LogP) is 6.90. The monoisotopic (exact) mass is 573 g/mol. The minimum absolute atomic E-state index is 0.182.